The molecule has 0 aliphatic carbocycles. The maximum absolute atomic E-state index is 13.4. The fourth-order valence-corrected chi connectivity index (χ4v) is 4.22. The molecule has 0 bridgehead atoms. The van der Waals surface area contributed by atoms with Crippen molar-refractivity contribution in [3.05, 3.63) is 58.3 Å². The van der Waals surface area contributed by atoms with E-state index in [0.717, 1.165) is 4.88 Å². The summed E-state index contributed by atoms with van der Waals surface area (Å²) in [5, 5.41) is 17.0. The Morgan fingerprint density at radius 3 is 2.45 bits per heavy atom. The van der Waals surface area contributed by atoms with Crippen LogP contribution in [0.4, 0.5) is 11.4 Å². The minimum Gasteiger partial charge on any atom is -0.326 e. The molecule has 0 saturated heterocycles. The first-order valence-electron chi connectivity index (χ1n) is 10.3. The van der Waals surface area contributed by atoms with Crippen molar-refractivity contribution >= 4 is 45.4 Å². The van der Waals surface area contributed by atoms with E-state index in [1.807, 2.05) is 38.3 Å². The second kappa shape index (κ2) is 8.62. The summed E-state index contributed by atoms with van der Waals surface area (Å²) in [6.45, 7) is 7.02. The van der Waals surface area contributed by atoms with Gasteiger partial charge in [-0.1, -0.05) is 12.1 Å². The minimum absolute atomic E-state index is 0.209. The molecule has 33 heavy (non-hydrogen) atoms. The Labute approximate surface area is 194 Å². The molecule has 0 radical (unpaired) electrons. The standard InChI is InChI=1S/C23H24N6O3S/c1-14(30)25-15-7-5-8-16(11-15)26-19(31)13-28-22(32)21-17(12-24-29(21)23(2,3)4)20(27-28)18-9-6-10-33-18/h5-12H,13H2,1-4H3,(H,25,30)(H,26,31). The first-order chi connectivity index (χ1) is 15.6. The zero-order valence-electron chi connectivity index (χ0n) is 18.7. The smallest absolute Gasteiger partial charge is 0.293 e. The molecule has 4 aromatic rings. The number of hydrogen-bond acceptors (Lipinski definition) is 6. The van der Waals surface area contributed by atoms with Crippen molar-refractivity contribution in [1.82, 2.24) is 19.6 Å². The number of fused-ring (bicyclic) bond motifs is 1. The number of nitrogens with zero attached hydrogens (tertiary/aromatic N) is 4. The molecule has 2 N–H and O–H groups in total. The summed E-state index contributed by atoms with van der Waals surface area (Å²) in [5.41, 5.74) is 1.25. The van der Waals surface area contributed by atoms with Gasteiger partial charge >= 0.3 is 0 Å². The number of anilines is 2. The lowest BCUT2D eigenvalue weighted by Gasteiger charge is -2.20. The second-order valence-corrected chi connectivity index (χ2v) is 9.54. The van der Waals surface area contributed by atoms with Gasteiger partial charge in [-0.25, -0.2) is 4.68 Å². The molecule has 0 atom stereocenters. The molecule has 4 rings (SSSR count). The van der Waals surface area contributed by atoms with Gasteiger partial charge in [-0.05, 0) is 50.4 Å². The number of amides is 2. The SMILES string of the molecule is CC(=O)Nc1cccc(NC(=O)Cn2nc(-c3cccs3)c3cnn(C(C)(C)C)c3c2=O)c1. The Balaban J connectivity index is 1.72. The average Bonchev–Trinajstić information content (AvgIpc) is 3.40. The number of nitrogens with one attached hydrogen (secondary N) is 2. The Morgan fingerprint density at radius 2 is 1.82 bits per heavy atom. The Bertz CT molecular complexity index is 1400. The van der Waals surface area contributed by atoms with Gasteiger partial charge in [0.15, 0.2) is 0 Å². The van der Waals surface area contributed by atoms with Gasteiger partial charge in [-0.15, -0.1) is 11.3 Å². The second-order valence-electron chi connectivity index (χ2n) is 8.59. The zero-order valence-corrected chi connectivity index (χ0v) is 19.6. The van der Waals surface area contributed by atoms with Crippen LogP contribution in [-0.2, 0) is 21.7 Å². The first kappa shape index (κ1) is 22.4. The molecule has 0 aliphatic heterocycles. The largest absolute Gasteiger partial charge is 0.326 e. The predicted octanol–water partition coefficient (Wildman–Crippen LogP) is 3.67. The van der Waals surface area contributed by atoms with Crippen molar-refractivity contribution in [2.24, 2.45) is 0 Å². The first-order valence-corrected chi connectivity index (χ1v) is 11.2. The maximum Gasteiger partial charge on any atom is 0.293 e. The summed E-state index contributed by atoms with van der Waals surface area (Å²) in [7, 11) is 0. The molecule has 9 nitrogen and oxygen atoms in total. The monoisotopic (exact) mass is 464 g/mol. The van der Waals surface area contributed by atoms with Crippen molar-refractivity contribution in [2.45, 2.75) is 39.8 Å². The molecule has 3 aromatic heterocycles. The Kier molecular flexibility index (Phi) is 5.86. The molecular formula is C23H24N6O3S. The van der Waals surface area contributed by atoms with Crippen LogP contribution in [0.5, 0.6) is 0 Å². The summed E-state index contributed by atoms with van der Waals surface area (Å²) in [5.74, 6) is -0.623. The highest BCUT2D eigenvalue weighted by atomic mass is 32.1. The van der Waals surface area contributed by atoms with Gasteiger partial charge in [-0.2, -0.15) is 10.2 Å². The van der Waals surface area contributed by atoms with E-state index in [1.54, 1.807) is 35.1 Å². The van der Waals surface area contributed by atoms with Gasteiger partial charge < -0.3 is 10.6 Å². The topological polar surface area (TPSA) is 111 Å². The summed E-state index contributed by atoms with van der Waals surface area (Å²) < 4.78 is 2.85. The van der Waals surface area contributed by atoms with Gasteiger partial charge in [0, 0.05) is 18.3 Å². The molecule has 0 saturated carbocycles. The number of hydrogen-bond donors (Lipinski definition) is 2. The summed E-state index contributed by atoms with van der Waals surface area (Å²) >= 11 is 1.50. The molecule has 170 valence electrons. The summed E-state index contributed by atoms with van der Waals surface area (Å²) in [6.07, 6.45) is 1.65. The third-order valence-corrected chi connectivity index (χ3v) is 5.71. The van der Waals surface area contributed by atoms with Crippen LogP contribution in [0.15, 0.2) is 52.8 Å². The van der Waals surface area contributed by atoms with Gasteiger partial charge in [0.2, 0.25) is 11.8 Å². The number of rotatable bonds is 5. The van der Waals surface area contributed by atoms with E-state index in [1.165, 1.54) is 22.9 Å². The third kappa shape index (κ3) is 4.70. The van der Waals surface area contributed by atoms with Crippen LogP contribution >= 0.6 is 11.3 Å². The molecule has 0 spiro atoms. The van der Waals surface area contributed by atoms with Crippen molar-refractivity contribution in [1.29, 1.82) is 0 Å². The van der Waals surface area contributed by atoms with E-state index in [4.69, 9.17) is 0 Å². The molecule has 1 aromatic carbocycles. The highest BCUT2D eigenvalue weighted by Gasteiger charge is 2.24. The Morgan fingerprint density at radius 1 is 1.09 bits per heavy atom. The number of carbonyl (C=O) groups is 2. The van der Waals surface area contributed by atoms with Gasteiger partial charge in [-0.3, -0.25) is 19.1 Å². The van der Waals surface area contributed by atoms with Gasteiger partial charge in [0.05, 0.1) is 22.0 Å². The van der Waals surface area contributed by atoms with E-state index in [9.17, 15) is 14.4 Å². The van der Waals surface area contributed by atoms with Crippen molar-refractivity contribution < 1.29 is 9.59 Å². The van der Waals surface area contributed by atoms with Crippen molar-refractivity contribution in [3.63, 3.8) is 0 Å². The lowest BCUT2D eigenvalue weighted by molar-refractivity contribution is -0.117. The lowest BCUT2D eigenvalue weighted by atomic mass is 10.1. The molecular weight excluding hydrogens is 440 g/mol. The molecule has 2 amide bonds. The van der Waals surface area contributed by atoms with E-state index >= 15 is 0 Å². The van der Waals surface area contributed by atoms with Crippen LogP contribution in [0.3, 0.4) is 0 Å². The van der Waals surface area contributed by atoms with Crippen LogP contribution in [-0.4, -0.2) is 31.4 Å². The molecule has 3 heterocycles. The number of thiophene rings is 1. The quantitative estimate of drug-likeness (QED) is 0.468. The van der Waals surface area contributed by atoms with Crippen LogP contribution in [0.1, 0.15) is 27.7 Å². The molecule has 0 fully saturated rings. The van der Waals surface area contributed by atoms with Crippen molar-refractivity contribution in [3.8, 4) is 10.6 Å². The normalized spacial score (nSPS) is 11.5. The fraction of sp³-hybridized carbons (Fsp3) is 0.261. The van der Waals surface area contributed by atoms with E-state index in [2.05, 4.69) is 20.8 Å². The average molecular weight is 465 g/mol. The van der Waals surface area contributed by atoms with Crippen LogP contribution in [0, 0.1) is 0 Å². The molecule has 0 unspecified atom stereocenters. The molecule has 10 heteroatoms. The minimum atomic E-state index is -0.431. The maximum atomic E-state index is 13.4. The van der Waals surface area contributed by atoms with E-state index in [0.29, 0.717) is 28.0 Å². The summed E-state index contributed by atoms with van der Waals surface area (Å²) in [6, 6.07) is 10.6. The number of carbonyl (C=O) groups excluding carboxylic acids is 2. The lowest BCUT2D eigenvalue weighted by Crippen LogP contribution is -2.33. The van der Waals surface area contributed by atoms with Crippen LogP contribution < -0.4 is 16.2 Å². The van der Waals surface area contributed by atoms with E-state index < -0.39 is 11.4 Å². The highest BCUT2D eigenvalue weighted by molar-refractivity contribution is 7.13. The number of aromatic nitrogens is 4. The Hall–Kier alpha value is -3.79. The van der Waals surface area contributed by atoms with Crippen molar-refractivity contribution in [2.75, 3.05) is 10.6 Å². The van der Waals surface area contributed by atoms with Crippen LogP contribution in [0.2, 0.25) is 0 Å². The zero-order chi connectivity index (χ0) is 23.8. The highest BCUT2D eigenvalue weighted by Crippen LogP contribution is 2.30. The summed E-state index contributed by atoms with van der Waals surface area (Å²) in [4.78, 5) is 38.3. The predicted molar refractivity (Wildman–Crippen MR) is 129 cm³/mol. The van der Waals surface area contributed by atoms with E-state index in [-0.39, 0.29) is 18.0 Å². The fourth-order valence-electron chi connectivity index (χ4n) is 3.50. The third-order valence-electron chi connectivity index (χ3n) is 4.83. The van der Waals surface area contributed by atoms with Crippen LogP contribution in [0.25, 0.3) is 21.5 Å². The van der Waals surface area contributed by atoms with Gasteiger partial charge in [0.25, 0.3) is 5.56 Å². The number of benzene rings is 1. The molecule has 0 aliphatic rings. The van der Waals surface area contributed by atoms with Gasteiger partial charge in [0.1, 0.15) is 17.8 Å².